The lowest BCUT2D eigenvalue weighted by Crippen LogP contribution is -2.23. The van der Waals surface area contributed by atoms with Gasteiger partial charge in [0.15, 0.2) is 11.6 Å². The van der Waals surface area contributed by atoms with Gasteiger partial charge in [-0.15, -0.1) is 0 Å². The van der Waals surface area contributed by atoms with E-state index in [0.717, 1.165) is 25.7 Å². The highest BCUT2D eigenvalue weighted by atomic mass is 19.4. The van der Waals surface area contributed by atoms with Crippen molar-refractivity contribution in [3.8, 4) is 5.75 Å². The highest BCUT2D eigenvalue weighted by Gasteiger charge is 2.35. The molecule has 2 aliphatic rings. The standard InChI is InChI=1S/C17H20F3N5O2/c1-9-13(27-8-10-3-2-4-10)14(25(24-9)11-5-6-11)22-16-21-7-12(15(26)23-16)17(18,19)20/h7,10-11H,2-6,8H2,1H3,(H2,21,22,23,26). The van der Waals surface area contributed by atoms with Crippen molar-refractivity contribution < 1.29 is 17.9 Å². The predicted octanol–water partition coefficient (Wildman–Crippen LogP) is 3.55. The molecular formula is C17H20F3N5O2. The SMILES string of the molecule is Cc1nn(C2CC2)c(Nc2ncc(C(F)(F)F)c(=O)[nH]2)c1OCC1CCC1. The van der Waals surface area contributed by atoms with Crippen LogP contribution in [0.15, 0.2) is 11.0 Å². The third kappa shape index (κ3) is 3.65. The Kier molecular flexibility index (Phi) is 4.35. The van der Waals surface area contributed by atoms with Crippen LogP contribution in [-0.4, -0.2) is 26.4 Å². The maximum absolute atomic E-state index is 12.8. The zero-order valence-corrected chi connectivity index (χ0v) is 14.8. The number of H-pyrrole nitrogens is 1. The predicted molar refractivity (Wildman–Crippen MR) is 91.2 cm³/mol. The highest BCUT2D eigenvalue weighted by Crippen LogP contribution is 2.42. The number of alkyl halides is 3. The topological polar surface area (TPSA) is 84.8 Å². The minimum absolute atomic E-state index is 0.0803. The number of aromatic nitrogens is 4. The summed E-state index contributed by atoms with van der Waals surface area (Å²) in [7, 11) is 0. The lowest BCUT2D eigenvalue weighted by molar-refractivity contribution is -0.138. The van der Waals surface area contributed by atoms with Crippen LogP contribution in [0.2, 0.25) is 0 Å². The zero-order chi connectivity index (χ0) is 19.2. The molecule has 2 aromatic rings. The normalized spacial score (nSPS) is 17.6. The zero-order valence-electron chi connectivity index (χ0n) is 14.8. The minimum Gasteiger partial charge on any atom is -0.488 e. The van der Waals surface area contributed by atoms with Crippen LogP contribution in [0, 0.1) is 12.8 Å². The first-order valence-corrected chi connectivity index (χ1v) is 8.98. The van der Waals surface area contributed by atoms with E-state index in [2.05, 4.69) is 20.4 Å². The molecule has 0 saturated heterocycles. The molecule has 0 atom stereocenters. The van der Waals surface area contributed by atoms with Crippen molar-refractivity contribution >= 4 is 11.8 Å². The van der Waals surface area contributed by atoms with E-state index >= 15 is 0 Å². The first-order valence-electron chi connectivity index (χ1n) is 8.98. The third-order valence-corrected chi connectivity index (χ3v) is 4.95. The van der Waals surface area contributed by atoms with Crippen LogP contribution in [0.5, 0.6) is 5.75 Å². The average molecular weight is 383 g/mol. The molecule has 0 unspecified atom stereocenters. The Labute approximate surface area is 152 Å². The molecular weight excluding hydrogens is 363 g/mol. The highest BCUT2D eigenvalue weighted by molar-refractivity contribution is 5.60. The van der Waals surface area contributed by atoms with Gasteiger partial charge in [-0.1, -0.05) is 6.42 Å². The van der Waals surface area contributed by atoms with Gasteiger partial charge in [0.2, 0.25) is 5.95 Å². The molecule has 2 aromatic heterocycles. The van der Waals surface area contributed by atoms with Gasteiger partial charge in [0.05, 0.1) is 12.6 Å². The van der Waals surface area contributed by atoms with Crippen molar-refractivity contribution in [3.05, 3.63) is 27.8 Å². The van der Waals surface area contributed by atoms with Gasteiger partial charge in [0, 0.05) is 6.20 Å². The van der Waals surface area contributed by atoms with E-state index in [0.29, 0.717) is 36.0 Å². The Morgan fingerprint density at radius 3 is 2.63 bits per heavy atom. The Bertz CT molecular complexity index is 897. The molecule has 7 nitrogen and oxygen atoms in total. The Morgan fingerprint density at radius 2 is 2.07 bits per heavy atom. The van der Waals surface area contributed by atoms with Crippen LogP contribution in [0.4, 0.5) is 24.9 Å². The number of aromatic amines is 1. The number of nitrogens with one attached hydrogen (secondary N) is 2. The van der Waals surface area contributed by atoms with E-state index in [4.69, 9.17) is 4.74 Å². The van der Waals surface area contributed by atoms with Crippen molar-refractivity contribution in [2.75, 3.05) is 11.9 Å². The van der Waals surface area contributed by atoms with E-state index in [1.54, 1.807) is 4.68 Å². The summed E-state index contributed by atoms with van der Waals surface area (Å²) in [5.41, 5.74) is -1.88. The molecule has 10 heteroatoms. The van der Waals surface area contributed by atoms with Crippen LogP contribution >= 0.6 is 0 Å². The van der Waals surface area contributed by atoms with Gasteiger partial charge in [0.1, 0.15) is 11.3 Å². The van der Waals surface area contributed by atoms with Crippen LogP contribution in [0.3, 0.4) is 0 Å². The van der Waals surface area contributed by atoms with Gasteiger partial charge in [-0.25, -0.2) is 9.67 Å². The van der Waals surface area contributed by atoms with Crippen molar-refractivity contribution in [3.63, 3.8) is 0 Å². The molecule has 2 saturated carbocycles. The summed E-state index contributed by atoms with van der Waals surface area (Å²) in [6, 6.07) is 0.216. The molecule has 0 amide bonds. The fourth-order valence-electron chi connectivity index (χ4n) is 3.04. The number of aryl methyl sites for hydroxylation is 1. The molecule has 2 heterocycles. The molecule has 2 fully saturated rings. The maximum atomic E-state index is 12.8. The van der Waals surface area contributed by atoms with Crippen LogP contribution in [0.1, 0.15) is 49.4 Å². The Hall–Kier alpha value is -2.52. The number of nitrogens with zero attached hydrogens (tertiary/aromatic N) is 3. The molecule has 146 valence electrons. The third-order valence-electron chi connectivity index (χ3n) is 4.95. The van der Waals surface area contributed by atoms with Gasteiger partial charge in [-0.2, -0.15) is 18.3 Å². The van der Waals surface area contributed by atoms with Gasteiger partial charge < -0.3 is 10.1 Å². The molecule has 27 heavy (non-hydrogen) atoms. The largest absolute Gasteiger partial charge is 0.488 e. The van der Waals surface area contributed by atoms with E-state index in [-0.39, 0.29) is 12.0 Å². The summed E-state index contributed by atoms with van der Waals surface area (Å²) in [5, 5.41) is 7.40. The summed E-state index contributed by atoms with van der Waals surface area (Å²) in [4.78, 5) is 17.6. The molecule has 0 aromatic carbocycles. The summed E-state index contributed by atoms with van der Waals surface area (Å²) < 4.78 is 46.0. The van der Waals surface area contributed by atoms with Crippen molar-refractivity contribution in [1.82, 2.24) is 19.7 Å². The molecule has 0 bridgehead atoms. The van der Waals surface area contributed by atoms with E-state index in [1.165, 1.54) is 6.42 Å². The van der Waals surface area contributed by atoms with Gasteiger partial charge in [-0.3, -0.25) is 9.78 Å². The molecule has 2 N–H and O–H groups in total. The lowest BCUT2D eigenvalue weighted by Gasteiger charge is -2.25. The number of hydrogen-bond donors (Lipinski definition) is 2. The smallest absolute Gasteiger partial charge is 0.423 e. The molecule has 0 aliphatic heterocycles. The minimum atomic E-state index is -4.75. The molecule has 4 rings (SSSR count). The van der Waals surface area contributed by atoms with E-state index < -0.39 is 17.3 Å². The fourth-order valence-corrected chi connectivity index (χ4v) is 3.04. The summed E-state index contributed by atoms with van der Waals surface area (Å²) in [6.07, 6.45) is 1.18. The van der Waals surface area contributed by atoms with Crippen molar-refractivity contribution in [2.24, 2.45) is 5.92 Å². The lowest BCUT2D eigenvalue weighted by atomic mass is 9.86. The summed E-state index contributed by atoms with van der Waals surface area (Å²) in [5.74, 6) is 1.50. The van der Waals surface area contributed by atoms with Gasteiger partial charge in [0.25, 0.3) is 5.56 Å². The van der Waals surface area contributed by atoms with Crippen molar-refractivity contribution in [2.45, 2.75) is 51.2 Å². The second kappa shape index (κ2) is 6.58. The number of halogens is 3. The molecule has 2 aliphatic carbocycles. The van der Waals surface area contributed by atoms with Crippen LogP contribution in [0.25, 0.3) is 0 Å². The number of hydrogen-bond acceptors (Lipinski definition) is 5. The maximum Gasteiger partial charge on any atom is 0.423 e. The van der Waals surface area contributed by atoms with Gasteiger partial charge in [-0.05, 0) is 38.5 Å². The Balaban J connectivity index is 1.62. The quantitative estimate of drug-likeness (QED) is 0.797. The first-order chi connectivity index (χ1) is 12.8. The molecule has 0 spiro atoms. The average Bonchev–Trinajstić information content (AvgIpc) is 3.32. The number of rotatable bonds is 6. The van der Waals surface area contributed by atoms with Gasteiger partial charge >= 0.3 is 6.18 Å². The summed E-state index contributed by atoms with van der Waals surface area (Å²) >= 11 is 0. The van der Waals surface area contributed by atoms with Crippen LogP contribution in [-0.2, 0) is 6.18 Å². The number of anilines is 2. The molecule has 0 radical (unpaired) electrons. The Morgan fingerprint density at radius 1 is 1.33 bits per heavy atom. The first kappa shape index (κ1) is 17.9. The fraction of sp³-hybridized carbons (Fsp3) is 0.588. The monoisotopic (exact) mass is 383 g/mol. The van der Waals surface area contributed by atoms with Crippen molar-refractivity contribution in [1.29, 1.82) is 0 Å². The van der Waals surface area contributed by atoms with E-state index in [1.807, 2.05) is 6.92 Å². The summed E-state index contributed by atoms with van der Waals surface area (Å²) in [6.45, 7) is 2.39. The van der Waals surface area contributed by atoms with Crippen LogP contribution < -0.4 is 15.6 Å². The number of ether oxygens (including phenoxy) is 1. The second-order valence-electron chi connectivity index (χ2n) is 7.14. The van der Waals surface area contributed by atoms with E-state index in [9.17, 15) is 18.0 Å². The second-order valence-corrected chi connectivity index (χ2v) is 7.14.